The summed E-state index contributed by atoms with van der Waals surface area (Å²) in [6.07, 6.45) is -1.27. The molecule has 76 valence electrons. The van der Waals surface area contributed by atoms with Gasteiger partial charge in [0.25, 0.3) is 0 Å². The molecule has 2 unspecified atom stereocenters. The number of hydrogen-bond donors (Lipinski definition) is 0. The van der Waals surface area contributed by atoms with Crippen LogP contribution in [0.1, 0.15) is 20.7 Å². The van der Waals surface area contributed by atoms with E-state index in [2.05, 4.69) is 4.74 Å². The molecule has 1 aliphatic heterocycles. The van der Waals surface area contributed by atoms with E-state index in [-0.39, 0.29) is 11.1 Å². The number of halogens is 2. The zero-order valence-corrected chi connectivity index (χ0v) is 8.05. The number of carbonyl (C=O) groups is 2. The molecule has 1 aliphatic carbocycles. The quantitative estimate of drug-likeness (QED) is 0.634. The molecular formula is C10H4ClFO3. The minimum atomic E-state index is -2.42. The molecule has 0 amide bonds. The maximum atomic E-state index is 13.5. The van der Waals surface area contributed by atoms with Gasteiger partial charge >= 0.3 is 5.85 Å². The first-order chi connectivity index (χ1) is 7.04. The number of Topliss-reactive ketones (excluding diaryl/α,β-unsaturated/α-hetero) is 2. The Balaban J connectivity index is 2.25. The van der Waals surface area contributed by atoms with Gasteiger partial charge in [-0.05, 0) is 18.2 Å². The average molecular weight is 227 g/mol. The first-order valence-electron chi connectivity index (χ1n) is 4.29. The number of hydrogen-bond acceptors (Lipinski definition) is 3. The Labute approximate surface area is 88.8 Å². The van der Waals surface area contributed by atoms with E-state index in [9.17, 15) is 14.0 Å². The fraction of sp³-hybridized carbons (Fsp3) is 0.200. The highest BCUT2D eigenvalue weighted by molar-refractivity contribution is 6.32. The normalized spacial score (nSPS) is 32.3. The lowest BCUT2D eigenvalue weighted by Crippen LogP contribution is -2.33. The summed E-state index contributed by atoms with van der Waals surface area (Å²) < 4.78 is 18.0. The zero-order valence-electron chi connectivity index (χ0n) is 7.29. The predicted molar refractivity (Wildman–Crippen MR) is 48.8 cm³/mol. The Kier molecular flexibility index (Phi) is 1.47. The van der Waals surface area contributed by atoms with E-state index in [1.807, 2.05) is 0 Å². The Morgan fingerprint density at radius 1 is 1.33 bits per heavy atom. The minimum absolute atomic E-state index is 0.0423. The standard InChI is InChI=1S/C10H4ClFO3/c11-4-1-2-5-6(3-4)7(13)9-10(12,15-9)8(5)14/h1-3,9H. The summed E-state index contributed by atoms with van der Waals surface area (Å²) in [6.45, 7) is 0. The second-order valence-electron chi connectivity index (χ2n) is 3.53. The lowest BCUT2D eigenvalue weighted by atomic mass is 9.88. The third-order valence-electron chi connectivity index (χ3n) is 2.61. The van der Waals surface area contributed by atoms with Crippen molar-refractivity contribution in [3.05, 3.63) is 34.3 Å². The summed E-state index contributed by atoms with van der Waals surface area (Å²) in [6, 6.07) is 4.15. The fourth-order valence-electron chi connectivity index (χ4n) is 1.78. The van der Waals surface area contributed by atoms with Gasteiger partial charge < -0.3 is 4.74 Å². The van der Waals surface area contributed by atoms with Crippen LogP contribution in [-0.2, 0) is 4.74 Å². The van der Waals surface area contributed by atoms with Crippen molar-refractivity contribution < 1.29 is 18.7 Å². The molecule has 3 nitrogen and oxygen atoms in total. The van der Waals surface area contributed by atoms with Gasteiger partial charge in [-0.3, -0.25) is 9.59 Å². The van der Waals surface area contributed by atoms with Gasteiger partial charge in [-0.25, -0.2) is 0 Å². The van der Waals surface area contributed by atoms with E-state index < -0.39 is 23.5 Å². The van der Waals surface area contributed by atoms with Gasteiger partial charge in [0.05, 0.1) is 0 Å². The molecule has 0 N–H and O–H groups in total. The molecule has 0 saturated carbocycles. The lowest BCUT2D eigenvalue weighted by molar-refractivity contribution is 0.0659. The molecule has 15 heavy (non-hydrogen) atoms. The first kappa shape index (κ1) is 9.00. The van der Waals surface area contributed by atoms with Gasteiger partial charge in [0.1, 0.15) is 0 Å². The summed E-state index contributed by atoms with van der Waals surface area (Å²) in [5, 5.41) is 0.335. The van der Waals surface area contributed by atoms with Gasteiger partial charge in [-0.15, -0.1) is 0 Å². The number of alkyl halides is 1. The molecule has 1 fully saturated rings. The van der Waals surface area contributed by atoms with Crippen LogP contribution >= 0.6 is 11.6 Å². The van der Waals surface area contributed by atoms with Crippen LogP contribution in [0.5, 0.6) is 0 Å². The first-order valence-corrected chi connectivity index (χ1v) is 4.67. The van der Waals surface area contributed by atoms with Crippen molar-refractivity contribution in [2.24, 2.45) is 0 Å². The monoisotopic (exact) mass is 226 g/mol. The summed E-state index contributed by atoms with van der Waals surface area (Å²) in [4.78, 5) is 23.1. The van der Waals surface area contributed by atoms with Crippen molar-refractivity contribution in [3.63, 3.8) is 0 Å². The smallest absolute Gasteiger partial charge is 0.308 e. The van der Waals surface area contributed by atoms with Crippen LogP contribution < -0.4 is 0 Å². The van der Waals surface area contributed by atoms with Gasteiger partial charge in [0.2, 0.25) is 5.78 Å². The summed E-state index contributed by atoms with van der Waals surface area (Å²) in [5.41, 5.74) is 0.184. The second kappa shape index (κ2) is 2.46. The average Bonchev–Trinajstić information content (AvgIpc) is 2.89. The van der Waals surface area contributed by atoms with Crippen LogP contribution in [0.2, 0.25) is 5.02 Å². The van der Waals surface area contributed by atoms with Crippen molar-refractivity contribution in [2.45, 2.75) is 12.0 Å². The van der Waals surface area contributed by atoms with Gasteiger partial charge in [0.15, 0.2) is 11.9 Å². The Bertz CT molecular complexity index is 513. The molecule has 5 heteroatoms. The van der Waals surface area contributed by atoms with Crippen molar-refractivity contribution in [1.82, 2.24) is 0 Å². The van der Waals surface area contributed by atoms with Crippen LogP contribution in [-0.4, -0.2) is 23.5 Å². The highest BCUT2D eigenvalue weighted by Gasteiger charge is 2.71. The molecule has 2 aliphatic rings. The zero-order chi connectivity index (χ0) is 10.8. The Hall–Kier alpha value is -1.26. The molecule has 1 heterocycles. The van der Waals surface area contributed by atoms with E-state index in [1.54, 1.807) is 0 Å². The van der Waals surface area contributed by atoms with Gasteiger partial charge in [0, 0.05) is 16.1 Å². The molecule has 1 aromatic carbocycles. The van der Waals surface area contributed by atoms with E-state index in [0.717, 1.165) is 0 Å². The number of carbonyl (C=O) groups excluding carboxylic acids is 2. The topological polar surface area (TPSA) is 46.7 Å². The SMILES string of the molecule is O=C1c2cc(Cl)ccc2C(=O)C2(F)OC12. The fourth-order valence-corrected chi connectivity index (χ4v) is 1.95. The maximum absolute atomic E-state index is 13.5. The summed E-state index contributed by atoms with van der Waals surface area (Å²) >= 11 is 5.69. The highest BCUT2D eigenvalue weighted by Crippen LogP contribution is 2.47. The maximum Gasteiger partial charge on any atom is 0.308 e. The summed E-state index contributed by atoms with van der Waals surface area (Å²) in [5.74, 6) is -3.73. The molecule has 0 spiro atoms. The highest BCUT2D eigenvalue weighted by atomic mass is 35.5. The van der Waals surface area contributed by atoms with Gasteiger partial charge in [-0.2, -0.15) is 4.39 Å². The molecule has 0 radical (unpaired) electrons. The number of ether oxygens (including phenoxy) is 1. The van der Waals surface area contributed by atoms with Crippen LogP contribution in [0.15, 0.2) is 18.2 Å². The van der Waals surface area contributed by atoms with E-state index in [0.29, 0.717) is 5.02 Å². The lowest BCUT2D eigenvalue weighted by Gasteiger charge is -2.12. The van der Waals surface area contributed by atoms with Crippen LogP contribution in [0.4, 0.5) is 4.39 Å². The van der Waals surface area contributed by atoms with Crippen molar-refractivity contribution in [3.8, 4) is 0 Å². The predicted octanol–water partition coefficient (Wildman–Crippen LogP) is 1.78. The van der Waals surface area contributed by atoms with Crippen LogP contribution in [0.3, 0.4) is 0 Å². The third-order valence-corrected chi connectivity index (χ3v) is 2.84. The van der Waals surface area contributed by atoms with E-state index in [4.69, 9.17) is 11.6 Å². The molecule has 2 atom stereocenters. The van der Waals surface area contributed by atoms with E-state index >= 15 is 0 Å². The molecule has 1 aromatic rings. The Morgan fingerprint density at radius 3 is 2.80 bits per heavy atom. The second-order valence-corrected chi connectivity index (χ2v) is 3.96. The summed E-state index contributed by atoms with van der Waals surface area (Å²) in [7, 11) is 0. The Morgan fingerprint density at radius 2 is 2.07 bits per heavy atom. The molecule has 3 rings (SSSR count). The molecule has 0 aromatic heterocycles. The van der Waals surface area contributed by atoms with Crippen molar-refractivity contribution >= 4 is 23.2 Å². The van der Waals surface area contributed by atoms with Crippen molar-refractivity contribution in [2.75, 3.05) is 0 Å². The van der Waals surface area contributed by atoms with Crippen LogP contribution in [0.25, 0.3) is 0 Å². The molecular weight excluding hydrogens is 223 g/mol. The number of fused-ring (bicyclic) bond motifs is 2. The number of epoxide rings is 1. The molecule has 0 bridgehead atoms. The largest absolute Gasteiger partial charge is 0.319 e. The van der Waals surface area contributed by atoms with Gasteiger partial charge in [-0.1, -0.05) is 11.6 Å². The number of ketones is 2. The molecule has 1 saturated heterocycles. The van der Waals surface area contributed by atoms with Crippen molar-refractivity contribution in [1.29, 1.82) is 0 Å². The van der Waals surface area contributed by atoms with E-state index in [1.165, 1.54) is 18.2 Å². The number of benzene rings is 1. The third kappa shape index (κ3) is 0.979. The van der Waals surface area contributed by atoms with Crippen LogP contribution in [0, 0.1) is 0 Å². The number of rotatable bonds is 0. The minimum Gasteiger partial charge on any atom is -0.319 e.